The zero-order chi connectivity index (χ0) is 24.7. The number of carboxylic acids is 1. The fourth-order valence-corrected chi connectivity index (χ4v) is 4.05. The molecule has 180 valence electrons. The second-order valence-electron chi connectivity index (χ2n) is 8.15. The van der Waals surface area contributed by atoms with Gasteiger partial charge in [0.2, 0.25) is 5.91 Å². The van der Waals surface area contributed by atoms with E-state index >= 15 is 0 Å². The van der Waals surface area contributed by atoms with Crippen LogP contribution in [0.4, 0.5) is 4.79 Å². The van der Waals surface area contributed by atoms with Crippen molar-refractivity contribution >= 4 is 23.9 Å². The second kappa shape index (κ2) is 11.3. The van der Waals surface area contributed by atoms with Gasteiger partial charge in [-0.3, -0.25) is 9.59 Å². The molecule has 2 aromatic rings. The first kappa shape index (κ1) is 24.8. The van der Waals surface area contributed by atoms with Gasteiger partial charge in [0.25, 0.3) is 0 Å². The van der Waals surface area contributed by atoms with E-state index in [9.17, 15) is 24.3 Å². The van der Waals surface area contributed by atoms with Crippen molar-refractivity contribution in [1.29, 1.82) is 0 Å². The summed E-state index contributed by atoms with van der Waals surface area (Å²) < 4.78 is 9.95. The van der Waals surface area contributed by atoms with Gasteiger partial charge in [0.1, 0.15) is 12.6 Å². The average molecular weight is 469 g/mol. The van der Waals surface area contributed by atoms with E-state index in [1.807, 2.05) is 48.5 Å². The number of fused-ring (bicyclic) bond motifs is 3. The zero-order valence-corrected chi connectivity index (χ0v) is 19.1. The number of alkyl carbamates (subject to hydrolysis) is 1. The second-order valence-corrected chi connectivity index (χ2v) is 8.15. The van der Waals surface area contributed by atoms with Crippen LogP contribution in [0.15, 0.2) is 48.5 Å². The third kappa shape index (κ3) is 6.12. The van der Waals surface area contributed by atoms with Gasteiger partial charge in [-0.15, -0.1) is 0 Å². The number of carbonyl (C=O) groups is 4. The topological polar surface area (TPSA) is 131 Å². The Morgan fingerprint density at radius 3 is 2.12 bits per heavy atom. The summed E-state index contributed by atoms with van der Waals surface area (Å²) in [4.78, 5) is 47.1. The molecule has 3 rings (SSSR count). The average Bonchev–Trinajstić information content (AvgIpc) is 3.13. The lowest BCUT2D eigenvalue weighted by Crippen LogP contribution is -2.44. The van der Waals surface area contributed by atoms with Gasteiger partial charge in [-0.2, -0.15) is 0 Å². The first-order valence-electron chi connectivity index (χ1n) is 11.0. The Balaban J connectivity index is 1.49. The van der Waals surface area contributed by atoms with Crippen molar-refractivity contribution in [3.8, 4) is 11.1 Å². The molecule has 1 aliphatic rings. The summed E-state index contributed by atoms with van der Waals surface area (Å²) in [5.41, 5.74) is 4.43. The van der Waals surface area contributed by atoms with Crippen molar-refractivity contribution in [1.82, 2.24) is 10.6 Å². The number of carboxylic acid groups (broad SMARTS) is 1. The van der Waals surface area contributed by atoms with Gasteiger partial charge < -0.3 is 25.2 Å². The lowest BCUT2D eigenvalue weighted by molar-refractivity contribution is -0.144. The van der Waals surface area contributed by atoms with E-state index in [4.69, 9.17) is 4.74 Å². The number of methoxy groups -OCH3 is 1. The molecule has 2 aromatic carbocycles. The van der Waals surface area contributed by atoms with Crippen LogP contribution in [0.25, 0.3) is 11.1 Å². The fraction of sp³-hybridized carbons (Fsp3) is 0.360. The third-order valence-corrected chi connectivity index (χ3v) is 5.70. The number of carbonyl (C=O) groups excluding carboxylic acids is 3. The Morgan fingerprint density at radius 2 is 1.56 bits per heavy atom. The lowest BCUT2D eigenvalue weighted by Gasteiger charge is -2.18. The van der Waals surface area contributed by atoms with Gasteiger partial charge in [0.05, 0.1) is 7.11 Å². The number of hydrogen-bond acceptors (Lipinski definition) is 6. The molecule has 0 fully saturated rings. The van der Waals surface area contributed by atoms with Crippen molar-refractivity contribution in [2.45, 2.75) is 44.2 Å². The maximum atomic E-state index is 12.3. The summed E-state index contributed by atoms with van der Waals surface area (Å²) >= 11 is 0. The van der Waals surface area contributed by atoms with Crippen LogP contribution in [0.5, 0.6) is 0 Å². The highest BCUT2D eigenvalue weighted by atomic mass is 16.5. The summed E-state index contributed by atoms with van der Waals surface area (Å²) in [6.07, 6.45) is -1.04. The molecular formula is C25H28N2O7. The minimum atomic E-state index is -1.26. The maximum absolute atomic E-state index is 12.3. The first-order valence-corrected chi connectivity index (χ1v) is 11.0. The standard InChI is InChI=1S/C25H28N2O7/c1-15(13-22(28)27-21(24(30)31)11-12-23(29)33-2)26-25(32)34-14-20-18-9-5-3-7-16(18)17-8-4-6-10-19(17)20/h3-10,15,20-21H,11-14H2,1-2H3,(H,26,32)(H,27,28)(H,30,31)/t15-,21+/m1/s1. The zero-order valence-electron chi connectivity index (χ0n) is 19.1. The largest absolute Gasteiger partial charge is 0.480 e. The highest BCUT2D eigenvalue weighted by molar-refractivity contribution is 5.84. The molecule has 0 aliphatic heterocycles. The van der Waals surface area contributed by atoms with Crippen molar-refractivity contribution in [2.75, 3.05) is 13.7 Å². The molecule has 0 spiro atoms. The van der Waals surface area contributed by atoms with Crippen LogP contribution in [-0.4, -0.2) is 54.8 Å². The molecule has 0 saturated carbocycles. The van der Waals surface area contributed by atoms with Crippen LogP contribution >= 0.6 is 0 Å². The molecule has 0 heterocycles. The Labute approximate surface area is 197 Å². The normalized spacial score (nSPS) is 13.7. The van der Waals surface area contributed by atoms with Crippen molar-refractivity contribution in [3.05, 3.63) is 59.7 Å². The molecule has 34 heavy (non-hydrogen) atoms. The van der Waals surface area contributed by atoms with Gasteiger partial charge in [-0.1, -0.05) is 48.5 Å². The highest BCUT2D eigenvalue weighted by Gasteiger charge is 2.29. The van der Waals surface area contributed by atoms with E-state index in [0.717, 1.165) is 22.3 Å². The fourth-order valence-electron chi connectivity index (χ4n) is 4.05. The number of benzene rings is 2. The SMILES string of the molecule is COC(=O)CC[C@H](NC(=O)C[C@@H](C)NC(=O)OCC1c2ccccc2-c2ccccc21)C(=O)O. The van der Waals surface area contributed by atoms with E-state index in [0.29, 0.717) is 0 Å². The van der Waals surface area contributed by atoms with E-state index < -0.39 is 36.0 Å². The summed E-state index contributed by atoms with van der Waals surface area (Å²) in [6.45, 7) is 1.76. The number of nitrogens with one attached hydrogen (secondary N) is 2. The molecule has 9 heteroatoms. The van der Waals surface area contributed by atoms with Crippen molar-refractivity contribution < 1.29 is 33.8 Å². The number of esters is 1. The summed E-state index contributed by atoms with van der Waals surface area (Å²) in [6, 6.07) is 14.2. The van der Waals surface area contributed by atoms with Crippen LogP contribution in [0, 0.1) is 0 Å². The number of rotatable bonds is 10. The molecule has 3 N–H and O–H groups in total. The molecule has 2 atom stereocenters. The van der Waals surface area contributed by atoms with E-state index in [1.165, 1.54) is 7.11 Å². The molecular weight excluding hydrogens is 440 g/mol. The van der Waals surface area contributed by atoms with Crippen molar-refractivity contribution in [3.63, 3.8) is 0 Å². The maximum Gasteiger partial charge on any atom is 0.407 e. The number of ether oxygens (including phenoxy) is 2. The van der Waals surface area contributed by atoms with Gasteiger partial charge in [0, 0.05) is 24.8 Å². The monoisotopic (exact) mass is 468 g/mol. The van der Waals surface area contributed by atoms with Gasteiger partial charge in [0.15, 0.2) is 0 Å². The molecule has 2 amide bonds. The number of hydrogen-bond donors (Lipinski definition) is 3. The van der Waals surface area contributed by atoms with Crippen LogP contribution in [0.2, 0.25) is 0 Å². The lowest BCUT2D eigenvalue weighted by atomic mass is 9.98. The molecule has 1 aliphatic carbocycles. The summed E-state index contributed by atoms with van der Waals surface area (Å²) in [7, 11) is 1.20. The minimum absolute atomic E-state index is 0.0807. The van der Waals surface area contributed by atoms with Crippen molar-refractivity contribution in [2.24, 2.45) is 0 Å². The number of amides is 2. The summed E-state index contributed by atoms with van der Waals surface area (Å²) in [5.74, 6) is -2.47. The van der Waals surface area contributed by atoms with E-state index in [2.05, 4.69) is 15.4 Å². The van der Waals surface area contributed by atoms with Gasteiger partial charge in [-0.25, -0.2) is 9.59 Å². The molecule has 0 aromatic heterocycles. The van der Waals surface area contributed by atoms with E-state index in [1.54, 1.807) is 6.92 Å². The summed E-state index contributed by atoms with van der Waals surface area (Å²) in [5, 5.41) is 14.2. The van der Waals surface area contributed by atoms with Crippen LogP contribution in [0.1, 0.15) is 43.2 Å². The molecule has 0 bridgehead atoms. The molecule has 9 nitrogen and oxygen atoms in total. The van der Waals surface area contributed by atoms with Crippen LogP contribution in [-0.2, 0) is 23.9 Å². The Kier molecular flexibility index (Phi) is 8.24. The molecule has 0 saturated heterocycles. The van der Waals surface area contributed by atoms with E-state index in [-0.39, 0.29) is 31.8 Å². The van der Waals surface area contributed by atoms with Gasteiger partial charge in [-0.05, 0) is 35.6 Å². The molecule has 0 radical (unpaired) electrons. The quantitative estimate of drug-likeness (QED) is 0.457. The van der Waals surface area contributed by atoms with Crippen LogP contribution in [0.3, 0.4) is 0 Å². The van der Waals surface area contributed by atoms with Gasteiger partial charge >= 0.3 is 18.0 Å². The predicted molar refractivity (Wildman–Crippen MR) is 123 cm³/mol. The molecule has 0 unspecified atom stereocenters. The smallest absolute Gasteiger partial charge is 0.407 e. The Hall–Kier alpha value is -3.88. The third-order valence-electron chi connectivity index (χ3n) is 5.70. The Bertz CT molecular complexity index is 1020. The first-order chi connectivity index (χ1) is 16.3. The Morgan fingerprint density at radius 1 is 0.971 bits per heavy atom. The highest BCUT2D eigenvalue weighted by Crippen LogP contribution is 2.44. The van der Waals surface area contributed by atoms with Crippen LogP contribution < -0.4 is 10.6 Å². The minimum Gasteiger partial charge on any atom is -0.480 e. The predicted octanol–water partition coefficient (Wildman–Crippen LogP) is 2.83. The number of aliphatic carboxylic acids is 1.